The van der Waals surface area contributed by atoms with Gasteiger partial charge in [0, 0.05) is 23.7 Å². The van der Waals surface area contributed by atoms with Gasteiger partial charge in [0.2, 0.25) is 0 Å². The second kappa shape index (κ2) is 9.63. The fraction of sp³-hybridized carbons (Fsp3) is 0.478. The Labute approximate surface area is 204 Å². The van der Waals surface area contributed by atoms with Gasteiger partial charge in [-0.3, -0.25) is 4.79 Å². The number of nitrogens with zero attached hydrogens (tertiary/aromatic N) is 4. The molecule has 0 spiro atoms. The molecule has 2 saturated heterocycles. The SMILES string of the molecule is Cc1nc(C)c(-c2csc(Nc3ccc(C(=O)N4[C@@H]5CC[C@H]4C[C@@H](OCC(F)F)C5)cn3)n2)s1. The highest BCUT2D eigenvalue weighted by Gasteiger charge is 2.44. The van der Waals surface area contributed by atoms with E-state index in [1.54, 1.807) is 29.7 Å². The van der Waals surface area contributed by atoms with Crippen molar-refractivity contribution in [3.63, 3.8) is 0 Å². The molecule has 7 nitrogen and oxygen atoms in total. The minimum atomic E-state index is -2.47. The van der Waals surface area contributed by atoms with Crippen LogP contribution in [0.2, 0.25) is 0 Å². The number of nitrogens with one attached hydrogen (secondary N) is 1. The number of fused-ring (bicyclic) bond motifs is 2. The second-order valence-corrected chi connectivity index (χ2v) is 10.7. The highest BCUT2D eigenvalue weighted by atomic mass is 32.1. The summed E-state index contributed by atoms with van der Waals surface area (Å²) in [5.74, 6) is 0.545. The minimum absolute atomic E-state index is 0.0271. The molecule has 2 fully saturated rings. The molecule has 1 N–H and O–H groups in total. The van der Waals surface area contributed by atoms with Crippen molar-refractivity contribution in [2.45, 2.75) is 64.1 Å². The molecular weight excluding hydrogens is 480 g/mol. The van der Waals surface area contributed by atoms with E-state index in [4.69, 9.17) is 4.74 Å². The molecule has 0 saturated carbocycles. The first-order chi connectivity index (χ1) is 16.4. The van der Waals surface area contributed by atoms with E-state index < -0.39 is 13.0 Å². The molecular formula is C23H25F2N5O2S2. The number of aryl methyl sites for hydroxylation is 2. The lowest BCUT2D eigenvalue weighted by Gasteiger charge is -2.38. The number of amides is 1. The third-order valence-electron chi connectivity index (χ3n) is 6.27. The fourth-order valence-electron chi connectivity index (χ4n) is 4.86. The zero-order chi connectivity index (χ0) is 23.8. The van der Waals surface area contributed by atoms with Crippen molar-refractivity contribution in [1.29, 1.82) is 0 Å². The third-order valence-corrected chi connectivity index (χ3v) is 8.12. The molecule has 3 aromatic rings. The summed E-state index contributed by atoms with van der Waals surface area (Å²) in [6.45, 7) is 3.42. The Morgan fingerprint density at radius 1 is 1.24 bits per heavy atom. The van der Waals surface area contributed by atoms with Crippen LogP contribution >= 0.6 is 22.7 Å². The molecule has 0 radical (unpaired) electrons. The first-order valence-electron chi connectivity index (χ1n) is 11.2. The normalized spacial score (nSPS) is 21.9. The van der Waals surface area contributed by atoms with E-state index in [2.05, 4.69) is 20.3 Å². The summed E-state index contributed by atoms with van der Waals surface area (Å²) >= 11 is 3.11. The number of hydrogen-bond acceptors (Lipinski definition) is 8. The van der Waals surface area contributed by atoms with Gasteiger partial charge in [-0.1, -0.05) is 0 Å². The van der Waals surface area contributed by atoms with Crippen LogP contribution in [0, 0.1) is 13.8 Å². The quantitative estimate of drug-likeness (QED) is 0.461. The van der Waals surface area contributed by atoms with Crippen LogP contribution in [0.3, 0.4) is 0 Å². The number of piperidine rings is 1. The maximum atomic E-state index is 13.2. The first-order valence-corrected chi connectivity index (χ1v) is 12.9. The Hall–Kier alpha value is -2.50. The number of thiazole rings is 2. The number of anilines is 2. The molecule has 11 heteroatoms. The number of ether oxygens (including phenoxy) is 1. The lowest BCUT2D eigenvalue weighted by molar-refractivity contribution is -0.0563. The lowest BCUT2D eigenvalue weighted by Crippen LogP contribution is -2.48. The number of hydrogen-bond donors (Lipinski definition) is 1. The fourth-order valence-corrected chi connectivity index (χ4v) is 6.52. The molecule has 2 aliphatic rings. The van der Waals surface area contributed by atoms with Crippen LogP contribution in [0.5, 0.6) is 0 Å². The summed E-state index contributed by atoms with van der Waals surface area (Å²) in [6.07, 6.45) is 1.87. The van der Waals surface area contributed by atoms with Gasteiger partial charge in [-0.2, -0.15) is 0 Å². The number of pyridine rings is 1. The van der Waals surface area contributed by atoms with E-state index in [-0.39, 0.29) is 24.1 Å². The summed E-state index contributed by atoms with van der Waals surface area (Å²) in [4.78, 5) is 29.7. The Balaban J connectivity index is 1.22. The van der Waals surface area contributed by atoms with Crippen LogP contribution in [0.15, 0.2) is 23.7 Å². The average Bonchev–Trinajstić information content (AvgIpc) is 3.47. The zero-order valence-corrected chi connectivity index (χ0v) is 20.5. The molecule has 34 heavy (non-hydrogen) atoms. The van der Waals surface area contributed by atoms with Crippen LogP contribution in [0.1, 0.15) is 46.7 Å². The summed E-state index contributed by atoms with van der Waals surface area (Å²) < 4.78 is 30.3. The van der Waals surface area contributed by atoms with Crippen LogP contribution in [0.25, 0.3) is 10.6 Å². The zero-order valence-electron chi connectivity index (χ0n) is 18.8. The van der Waals surface area contributed by atoms with Crippen LogP contribution in [-0.4, -0.2) is 57.0 Å². The Kier molecular flexibility index (Phi) is 6.59. The van der Waals surface area contributed by atoms with Crippen molar-refractivity contribution in [3.05, 3.63) is 40.0 Å². The van der Waals surface area contributed by atoms with E-state index in [0.29, 0.717) is 24.2 Å². The topological polar surface area (TPSA) is 80.2 Å². The smallest absolute Gasteiger partial charge is 0.261 e. The van der Waals surface area contributed by atoms with Gasteiger partial charge in [0.05, 0.1) is 32.9 Å². The molecule has 3 aromatic heterocycles. The van der Waals surface area contributed by atoms with E-state index >= 15 is 0 Å². The predicted octanol–water partition coefficient (Wildman–Crippen LogP) is 5.44. The van der Waals surface area contributed by atoms with Gasteiger partial charge in [0.25, 0.3) is 12.3 Å². The summed E-state index contributed by atoms with van der Waals surface area (Å²) in [7, 11) is 0. The summed E-state index contributed by atoms with van der Waals surface area (Å²) in [5.41, 5.74) is 2.38. The van der Waals surface area contributed by atoms with Crippen molar-refractivity contribution in [2.75, 3.05) is 11.9 Å². The highest BCUT2D eigenvalue weighted by Crippen LogP contribution is 2.38. The third kappa shape index (κ3) is 4.82. The first kappa shape index (κ1) is 23.3. The Bertz CT molecular complexity index is 1150. The Morgan fingerprint density at radius 2 is 2.00 bits per heavy atom. The second-order valence-electron chi connectivity index (χ2n) is 8.66. The number of alkyl halides is 2. The van der Waals surface area contributed by atoms with E-state index in [0.717, 1.165) is 39.2 Å². The maximum Gasteiger partial charge on any atom is 0.261 e. The molecule has 5 rings (SSSR count). The van der Waals surface area contributed by atoms with E-state index in [1.807, 2.05) is 24.1 Å². The molecule has 3 atom stereocenters. The standard InChI is InChI=1S/C23H25F2N5O2S2/c1-12-21(34-13(2)27-12)18-11-33-23(28-18)29-20-6-3-14(9-26-20)22(31)30-15-4-5-16(30)8-17(7-15)32-10-19(24)25/h3,6,9,11,15-17,19H,4-5,7-8,10H2,1-2H3,(H,26,28,29)/t15-,16+,17+. The van der Waals surface area contributed by atoms with Gasteiger partial charge < -0.3 is 15.0 Å². The number of rotatable bonds is 7. The molecule has 5 heterocycles. The van der Waals surface area contributed by atoms with Crippen LogP contribution in [-0.2, 0) is 4.74 Å². The monoisotopic (exact) mass is 505 g/mol. The number of aromatic nitrogens is 3. The van der Waals surface area contributed by atoms with Crippen LogP contribution in [0.4, 0.5) is 19.7 Å². The molecule has 1 amide bonds. The van der Waals surface area contributed by atoms with Crippen molar-refractivity contribution < 1.29 is 18.3 Å². The van der Waals surface area contributed by atoms with Gasteiger partial charge in [-0.25, -0.2) is 23.7 Å². The van der Waals surface area contributed by atoms with Crippen molar-refractivity contribution >= 4 is 39.5 Å². The van der Waals surface area contributed by atoms with Gasteiger partial charge >= 0.3 is 0 Å². The highest BCUT2D eigenvalue weighted by molar-refractivity contribution is 7.16. The van der Waals surface area contributed by atoms with Gasteiger partial charge in [-0.05, 0) is 51.7 Å². The van der Waals surface area contributed by atoms with Crippen molar-refractivity contribution in [2.24, 2.45) is 0 Å². The lowest BCUT2D eigenvalue weighted by atomic mass is 9.98. The van der Waals surface area contributed by atoms with E-state index in [9.17, 15) is 13.6 Å². The van der Waals surface area contributed by atoms with Crippen molar-refractivity contribution in [1.82, 2.24) is 19.9 Å². The minimum Gasteiger partial charge on any atom is -0.372 e. The number of carbonyl (C=O) groups excluding carboxylic acids is 1. The average molecular weight is 506 g/mol. The Morgan fingerprint density at radius 3 is 2.62 bits per heavy atom. The van der Waals surface area contributed by atoms with E-state index in [1.165, 1.54) is 11.3 Å². The summed E-state index contributed by atoms with van der Waals surface area (Å²) in [6, 6.07) is 3.59. The molecule has 0 aliphatic carbocycles. The molecule has 0 aromatic carbocycles. The number of halogens is 2. The molecule has 0 unspecified atom stereocenters. The van der Waals surface area contributed by atoms with Crippen LogP contribution < -0.4 is 5.32 Å². The largest absolute Gasteiger partial charge is 0.372 e. The van der Waals surface area contributed by atoms with Crippen molar-refractivity contribution in [3.8, 4) is 10.6 Å². The molecule has 2 bridgehead atoms. The van der Waals surface area contributed by atoms with Gasteiger partial charge in [0.1, 0.15) is 12.4 Å². The number of carbonyl (C=O) groups is 1. The van der Waals surface area contributed by atoms with Gasteiger partial charge in [0.15, 0.2) is 5.13 Å². The van der Waals surface area contributed by atoms with Gasteiger partial charge in [-0.15, -0.1) is 22.7 Å². The molecule has 2 aliphatic heterocycles. The molecule has 180 valence electrons. The maximum absolute atomic E-state index is 13.2. The summed E-state index contributed by atoms with van der Waals surface area (Å²) in [5, 5.41) is 6.92. The predicted molar refractivity (Wildman–Crippen MR) is 128 cm³/mol.